The Morgan fingerprint density at radius 1 is 0.931 bits per heavy atom. The van der Waals surface area contributed by atoms with E-state index in [9.17, 15) is 24.3 Å². The fraction of sp³-hybridized carbons (Fsp3) is 0.467. The average Bonchev–Trinajstić information content (AvgIpc) is 3.92. The van der Waals surface area contributed by atoms with Gasteiger partial charge in [-0.05, 0) is 67.3 Å². The van der Waals surface area contributed by atoms with Crippen molar-refractivity contribution in [2.45, 2.75) is 117 Å². The number of hydrogen-bond donors (Lipinski definition) is 5. The molecular weight excluding hydrogens is 751 g/mol. The molecule has 3 aromatic heterocycles. The van der Waals surface area contributed by atoms with Crippen molar-refractivity contribution >= 4 is 56.8 Å². The van der Waals surface area contributed by atoms with Gasteiger partial charge in [0, 0.05) is 66.6 Å². The number of aryl methyl sites for hydroxylation is 2. The van der Waals surface area contributed by atoms with Gasteiger partial charge in [0.2, 0.25) is 23.6 Å². The lowest BCUT2D eigenvalue weighted by Crippen LogP contribution is -2.57. The summed E-state index contributed by atoms with van der Waals surface area (Å²) < 4.78 is 0. The molecule has 0 spiro atoms. The maximum absolute atomic E-state index is 14.0. The van der Waals surface area contributed by atoms with E-state index < -0.39 is 23.6 Å². The van der Waals surface area contributed by atoms with Gasteiger partial charge in [-0.25, -0.2) is 4.98 Å². The molecular formula is C45H57N7O5S. The van der Waals surface area contributed by atoms with E-state index >= 15 is 0 Å². The van der Waals surface area contributed by atoms with Crippen LogP contribution in [0.15, 0.2) is 66.4 Å². The highest BCUT2D eigenvalue weighted by atomic mass is 32.1. The Morgan fingerprint density at radius 2 is 1.69 bits per heavy atom. The maximum Gasteiger partial charge on any atom is 0.246 e. The van der Waals surface area contributed by atoms with E-state index in [0.29, 0.717) is 25.8 Å². The number of carbonyl (C=O) groups is 4. The smallest absolute Gasteiger partial charge is 0.246 e. The molecule has 0 bridgehead atoms. The zero-order valence-electron chi connectivity index (χ0n) is 34.3. The van der Waals surface area contributed by atoms with Crippen LogP contribution in [0.5, 0.6) is 0 Å². The van der Waals surface area contributed by atoms with Gasteiger partial charge < -0.3 is 30.9 Å². The molecule has 0 radical (unpaired) electrons. The van der Waals surface area contributed by atoms with Gasteiger partial charge in [0.05, 0.1) is 28.2 Å². The number of β-amino-alcohol motifs (C(OH)–C–C–N with tert-alkyl or cyclic N) is 1. The molecule has 4 amide bonds. The number of unbranched alkanes of at least 4 members (excludes halogenated alkanes) is 4. The molecule has 0 unspecified atom stereocenters. The molecule has 1 saturated heterocycles. The number of benzene rings is 2. The lowest BCUT2D eigenvalue weighted by atomic mass is 9.85. The number of aromatic amines is 1. The van der Waals surface area contributed by atoms with E-state index in [1.807, 2.05) is 76.7 Å². The first-order valence-electron chi connectivity index (χ1n) is 20.5. The summed E-state index contributed by atoms with van der Waals surface area (Å²) in [7, 11) is 0. The third kappa shape index (κ3) is 10.7. The van der Waals surface area contributed by atoms with Crippen molar-refractivity contribution < 1.29 is 24.3 Å². The molecule has 0 saturated carbocycles. The fourth-order valence-electron chi connectivity index (χ4n) is 7.71. The second-order valence-electron chi connectivity index (χ2n) is 16.7. The molecule has 58 heavy (non-hydrogen) atoms. The first-order chi connectivity index (χ1) is 27.8. The van der Waals surface area contributed by atoms with Crippen molar-refractivity contribution in [1.29, 1.82) is 0 Å². The van der Waals surface area contributed by atoms with E-state index in [0.717, 1.165) is 74.8 Å². The highest BCUT2D eigenvalue weighted by Crippen LogP contribution is 2.30. The largest absolute Gasteiger partial charge is 0.391 e. The number of aliphatic hydroxyl groups excluding tert-OH is 1. The molecule has 12 nitrogen and oxygen atoms in total. The summed E-state index contributed by atoms with van der Waals surface area (Å²) in [6, 6.07) is 14.2. The topological polar surface area (TPSA) is 169 Å². The molecule has 1 aliphatic rings. The van der Waals surface area contributed by atoms with E-state index in [4.69, 9.17) is 0 Å². The van der Waals surface area contributed by atoms with E-state index in [2.05, 4.69) is 49.1 Å². The molecule has 1 fully saturated rings. The van der Waals surface area contributed by atoms with Gasteiger partial charge >= 0.3 is 0 Å². The summed E-state index contributed by atoms with van der Waals surface area (Å²) in [5, 5.41) is 21.9. The number of carbonyl (C=O) groups excluding carboxylic acids is 4. The average molecular weight is 808 g/mol. The van der Waals surface area contributed by atoms with Crippen LogP contribution < -0.4 is 16.0 Å². The Bertz CT molecular complexity index is 2210. The van der Waals surface area contributed by atoms with Crippen LogP contribution in [-0.2, 0) is 25.6 Å². The van der Waals surface area contributed by atoms with Crippen molar-refractivity contribution in [3.63, 3.8) is 0 Å². The Hall–Kier alpha value is -5.14. The molecule has 1 aliphatic heterocycles. The minimum Gasteiger partial charge on any atom is -0.391 e. The van der Waals surface area contributed by atoms with E-state index in [1.165, 1.54) is 4.90 Å². The first-order valence-corrected chi connectivity index (χ1v) is 21.4. The van der Waals surface area contributed by atoms with Gasteiger partial charge in [-0.15, -0.1) is 11.3 Å². The minimum absolute atomic E-state index is 0.0251. The molecule has 5 N–H and O–H groups in total. The van der Waals surface area contributed by atoms with Crippen LogP contribution in [0.2, 0.25) is 0 Å². The summed E-state index contributed by atoms with van der Waals surface area (Å²) in [6.45, 7) is 10.2. The molecule has 5 aromatic rings. The Labute approximate surface area is 344 Å². The highest BCUT2D eigenvalue weighted by molar-refractivity contribution is 7.13. The van der Waals surface area contributed by atoms with Crippen LogP contribution in [0.3, 0.4) is 0 Å². The van der Waals surface area contributed by atoms with Gasteiger partial charge in [0.15, 0.2) is 0 Å². The van der Waals surface area contributed by atoms with Gasteiger partial charge in [-0.3, -0.25) is 24.2 Å². The van der Waals surface area contributed by atoms with E-state index in [1.54, 1.807) is 17.5 Å². The normalized spacial score (nSPS) is 16.7. The number of rotatable bonds is 17. The second kappa shape index (κ2) is 19.1. The molecule has 4 heterocycles. The quantitative estimate of drug-likeness (QED) is 0.0637. The van der Waals surface area contributed by atoms with Crippen LogP contribution >= 0.6 is 11.3 Å². The maximum atomic E-state index is 14.0. The lowest BCUT2D eigenvalue weighted by molar-refractivity contribution is -0.144. The molecule has 308 valence electrons. The van der Waals surface area contributed by atoms with Crippen molar-refractivity contribution in [2.75, 3.05) is 13.1 Å². The third-order valence-corrected chi connectivity index (χ3v) is 12.0. The zero-order valence-corrected chi connectivity index (χ0v) is 35.1. The number of likely N-dealkylation sites (tertiary alicyclic amines) is 1. The van der Waals surface area contributed by atoms with Gasteiger partial charge in [0.1, 0.15) is 12.1 Å². The van der Waals surface area contributed by atoms with Gasteiger partial charge in [-0.2, -0.15) is 0 Å². The van der Waals surface area contributed by atoms with Crippen molar-refractivity contribution in [3.05, 3.63) is 83.3 Å². The number of hydrogen-bond acceptors (Lipinski definition) is 8. The minimum atomic E-state index is -0.863. The Kier molecular flexibility index (Phi) is 14.0. The van der Waals surface area contributed by atoms with Crippen LogP contribution in [-0.4, -0.2) is 79.9 Å². The SMILES string of the molecule is Cc1ncsc1-c1ccc([C@H](C)NC(=O)[C@@H]2C[C@@H](O)CN2C(=O)[C@@H](NC(=O)CCCCCCCNC(=O)CCc2ccc3c(c2)[nH]c2ccncc23)C(C)(C)C)cc1. The van der Waals surface area contributed by atoms with Gasteiger partial charge in [0.25, 0.3) is 0 Å². The highest BCUT2D eigenvalue weighted by Gasteiger charge is 2.44. The number of fused-ring (bicyclic) bond motifs is 3. The van der Waals surface area contributed by atoms with Crippen LogP contribution in [0.25, 0.3) is 32.2 Å². The van der Waals surface area contributed by atoms with Crippen LogP contribution in [0.4, 0.5) is 0 Å². The zero-order chi connectivity index (χ0) is 41.4. The van der Waals surface area contributed by atoms with Crippen molar-refractivity contribution in [3.8, 4) is 10.4 Å². The molecule has 0 aliphatic carbocycles. The summed E-state index contributed by atoms with van der Waals surface area (Å²) >= 11 is 1.58. The first kappa shape index (κ1) is 42.5. The number of pyridine rings is 1. The number of amides is 4. The number of nitrogens with zero attached hydrogens (tertiary/aromatic N) is 3. The standard InChI is InChI=1S/C45H57N7O5S/c1-28(31-14-16-32(17-15-31)41-29(2)48-27-58-41)49-43(56)38-24-33(53)26-52(38)44(57)42(45(3,4)5)51-40(55)11-9-7-6-8-10-21-47-39(54)19-13-30-12-18-34-35-25-46-22-20-36(35)50-37(34)23-30/h12,14-18,20,22-23,25,27-28,33,38,42,50,53H,6-11,13,19,21,24,26H2,1-5H3,(H,47,54)(H,49,56)(H,51,55)/t28-,33+,38-,42+/m0/s1. The summed E-state index contributed by atoms with van der Waals surface area (Å²) in [6.07, 6.45) is 8.56. The van der Waals surface area contributed by atoms with Crippen LogP contribution in [0, 0.1) is 12.3 Å². The molecule has 4 atom stereocenters. The summed E-state index contributed by atoms with van der Waals surface area (Å²) in [4.78, 5) is 67.8. The van der Waals surface area contributed by atoms with Crippen molar-refractivity contribution in [2.24, 2.45) is 5.41 Å². The summed E-state index contributed by atoms with van der Waals surface area (Å²) in [5.41, 5.74) is 7.36. The predicted octanol–water partition coefficient (Wildman–Crippen LogP) is 6.91. The number of aromatic nitrogens is 3. The Morgan fingerprint density at radius 3 is 2.43 bits per heavy atom. The summed E-state index contributed by atoms with van der Waals surface area (Å²) in [5.74, 6) is -0.886. The van der Waals surface area contributed by atoms with Crippen molar-refractivity contribution in [1.82, 2.24) is 35.8 Å². The molecule has 13 heteroatoms. The molecule has 2 aromatic carbocycles. The predicted molar refractivity (Wildman–Crippen MR) is 229 cm³/mol. The van der Waals surface area contributed by atoms with E-state index in [-0.39, 0.29) is 49.1 Å². The number of nitrogens with one attached hydrogen (secondary N) is 4. The second-order valence-corrected chi connectivity index (χ2v) is 17.5. The van der Waals surface area contributed by atoms with Crippen LogP contribution in [0.1, 0.15) is 102 Å². The van der Waals surface area contributed by atoms with Gasteiger partial charge in [-0.1, -0.05) is 76.4 Å². The number of aliphatic hydroxyl groups is 1. The fourth-order valence-corrected chi connectivity index (χ4v) is 8.52. The number of thiazole rings is 1. The lowest BCUT2D eigenvalue weighted by Gasteiger charge is -2.35. The molecule has 6 rings (SSSR count). The Balaban J connectivity index is 0.890. The number of H-pyrrole nitrogens is 1. The monoisotopic (exact) mass is 807 g/mol. The third-order valence-electron chi connectivity index (χ3n) is 11.1.